The largest absolute Gasteiger partial charge is 0.366 e. The summed E-state index contributed by atoms with van der Waals surface area (Å²) in [4.78, 5) is 25.3. The van der Waals surface area contributed by atoms with E-state index in [0.717, 1.165) is 18.0 Å². The van der Waals surface area contributed by atoms with Gasteiger partial charge in [-0.2, -0.15) is 0 Å². The van der Waals surface area contributed by atoms with E-state index in [4.69, 9.17) is 5.73 Å². The molecule has 2 amide bonds. The van der Waals surface area contributed by atoms with E-state index in [1.165, 1.54) is 12.8 Å². The number of rotatable bonds is 8. The average molecular weight is 377 g/mol. The third-order valence-electron chi connectivity index (χ3n) is 3.57. The van der Waals surface area contributed by atoms with Crippen LogP contribution in [0.15, 0.2) is 18.2 Å². The molecule has 0 radical (unpaired) electrons. The van der Waals surface area contributed by atoms with Crippen LogP contribution in [0.25, 0.3) is 0 Å². The van der Waals surface area contributed by atoms with Crippen molar-refractivity contribution in [2.45, 2.75) is 19.4 Å². The van der Waals surface area contributed by atoms with E-state index in [2.05, 4.69) is 10.6 Å². The second-order valence-corrected chi connectivity index (χ2v) is 6.10. The van der Waals surface area contributed by atoms with Gasteiger partial charge >= 0.3 is 0 Å². The van der Waals surface area contributed by atoms with E-state index in [1.807, 2.05) is 25.1 Å². The fourth-order valence-corrected chi connectivity index (χ4v) is 2.23. The summed E-state index contributed by atoms with van der Waals surface area (Å²) in [6.07, 6.45) is 2.50. The van der Waals surface area contributed by atoms with Crippen LogP contribution in [0.4, 0.5) is 5.69 Å². The maximum Gasteiger partial charge on any atom is 0.248 e. The number of nitrogens with two attached hydrogens (primary N) is 1. The molecule has 0 aliphatic heterocycles. The topological polar surface area (TPSA) is 87.5 Å². The van der Waals surface area contributed by atoms with E-state index < -0.39 is 5.91 Å². The number of amides is 2. The number of anilines is 1. The standard InChI is InChI=1S/C16H24N4O2.2ClH/c1-20(2)10-13-6-5-12(16(17)22)7-14(13)19-15(21)9-18-8-11-3-4-11;;/h5-7,11,18H,3-4,8-10H2,1-2H3,(H2,17,22)(H,19,21);2*1H. The van der Waals surface area contributed by atoms with Crippen LogP contribution in [0.3, 0.4) is 0 Å². The van der Waals surface area contributed by atoms with Crippen molar-refractivity contribution in [2.75, 3.05) is 32.5 Å². The van der Waals surface area contributed by atoms with Crippen LogP contribution >= 0.6 is 24.8 Å². The first-order valence-corrected chi connectivity index (χ1v) is 7.53. The molecule has 0 unspecified atom stereocenters. The maximum atomic E-state index is 12.0. The summed E-state index contributed by atoms with van der Waals surface area (Å²) in [5.74, 6) is 0.122. The Hall–Kier alpha value is -1.34. The first kappa shape index (κ1) is 22.7. The van der Waals surface area contributed by atoms with Crippen LogP contribution in [-0.4, -0.2) is 43.9 Å². The summed E-state index contributed by atoms with van der Waals surface area (Å²) in [5.41, 5.74) is 7.29. The minimum absolute atomic E-state index is 0. The smallest absolute Gasteiger partial charge is 0.248 e. The molecule has 136 valence electrons. The van der Waals surface area contributed by atoms with Gasteiger partial charge in [0.1, 0.15) is 0 Å². The second-order valence-electron chi connectivity index (χ2n) is 6.10. The number of halogens is 2. The lowest BCUT2D eigenvalue weighted by molar-refractivity contribution is -0.115. The van der Waals surface area contributed by atoms with Gasteiger partial charge in [-0.25, -0.2) is 0 Å². The molecule has 1 aliphatic rings. The van der Waals surface area contributed by atoms with Crippen molar-refractivity contribution in [3.63, 3.8) is 0 Å². The molecule has 0 heterocycles. The van der Waals surface area contributed by atoms with Gasteiger partial charge in [0, 0.05) is 17.8 Å². The zero-order valence-corrected chi connectivity index (χ0v) is 15.6. The monoisotopic (exact) mass is 376 g/mol. The highest BCUT2D eigenvalue weighted by Gasteiger charge is 2.20. The van der Waals surface area contributed by atoms with Gasteiger partial charge < -0.3 is 21.3 Å². The van der Waals surface area contributed by atoms with E-state index in [0.29, 0.717) is 17.8 Å². The van der Waals surface area contributed by atoms with Crippen LogP contribution < -0.4 is 16.4 Å². The van der Waals surface area contributed by atoms with Gasteiger partial charge in [-0.3, -0.25) is 9.59 Å². The van der Waals surface area contributed by atoms with E-state index in [9.17, 15) is 9.59 Å². The molecule has 8 heteroatoms. The van der Waals surface area contributed by atoms with Crippen LogP contribution in [-0.2, 0) is 11.3 Å². The summed E-state index contributed by atoms with van der Waals surface area (Å²) in [7, 11) is 3.90. The van der Waals surface area contributed by atoms with Crippen molar-refractivity contribution >= 4 is 42.3 Å². The molecule has 0 bridgehead atoms. The quantitative estimate of drug-likeness (QED) is 0.643. The molecule has 1 saturated carbocycles. The fraction of sp³-hybridized carbons (Fsp3) is 0.500. The molecule has 24 heavy (non-hydrogen) atoms. The average Bonchev–Trinajstić information content (AvgIpc) is 3.24. The van der Waals surface area contributed by atoms with Gasteiger partial charge in [-0.15, -0.1) is 24.8 Å². The predicted octanol–water partition coefficient (Wildman–Crippen LogP) is 1.63. The highest BCUT2D eigenvalue weighted by Crippen LogP contribution is 2.27. The fourth-order valence-electron chi connectivity index (χ4n) is 2.23. The highest BCUT2D eigenvalue weighted by atomic mass is 35.5. The Morgan fingerprint density at radius 2 is 1.92 bits per heavy atom. The first-order valence-electron chi connectivity index (χ1n) is 7.53. The van der Waals surface area contributed by atoms with Crippen LogP contribution in [0.5, 0.6) is 0 Å². The number of hydrogen-bond acceptors (Lipinski definition) is 4. The molecule has 0 atom stereocenters. The van der Waals surface area contributed by atoms with Gasteiger partial charge in [-0.1, -0.05) is 6.07 Å². The molecule has 1 aliphatic carbocycles. The minimum atomic E-state index is -0.501. The number of carbonyl (C=O) groups is 2. The Morgan fingerprint density at radius 3 is 2.46 bits per heavy atom. The van der Waals surface area contributed by atoms with Gasteiger partial charge in [0.05, 0.1) is 6.54 Å². The molecule has 0 aromatic heterocycles. The van der Waals surface area contributed by atoms with Crippen LogP contribution in [0, 0.1) is 5.92 Å². The normalized spacial score (nSPS) is 13.0. The Balaban J connectivity index is 0.00000264. The van der Waals surface area contributed by atoms with Gasteiger partial charge in [0.25, 0.3) is 0 Å². The molecule has 0 saturated heterocycles. The molecule has 0 spiro atoms. The summed E-state index contributed by atoms with van der Waals surface area (Å²) in [6.45, 7) is 1.84. The highest BCUT2D eigenvalue weighted by molar-refractivity contribution is 5.97. The summed E-state index contributed by atoms with van der Waals surface area (Å²) >= 11 is 0. The van der Waals surface area contributed by atoms with E-state index in [-0.39, 0.29) is 37.3 Å². The Morgan fingerprint density at radius 1 is 1.25 bits per heavy atom. The molecule has 6 nitrogen and oxygen atoms in total. The van der Waals surface area contributed by atoms with Crippen molar-refractivity contribution in [2.24, 2.45) is 11.7 Å². The van der Waals surface area contributed by atoms with Gasteiger partial charge in [0.15, 0.2) is 0 Å². The number of carbonyl (C=O) groups excluding carboxylic acids is 2. The molecular formula is C16H26Cl2N4O2. The van der Waals surface area contributed by atoms with Crippen molar-refractivity contribution in [3.05, 3.63) is 29.3 Å². The molecule has 4 N–H and O–H groups in total. The second kappa shape index (κ2) is 10.5. The van der Waals surface area contributed by atoms with Gasteiger partial charge in [-0.05, 0) is 57.1 Å². The van der Waals surface area contributed by atoms with Gasteiger partial charge in [0.2, 0.25) is 11.8 Å². The van der Waals surface area contributed by atoms with E-state index >= 15 is 0 Å². The summed E-state index contributed by atoms with van der Waals surface area (Å²) in [6, 6.07) is 5.15. The lowest BCUT2D eigenvalue weighted by Crippen LogP contribution is -2.30. The third-order valence-corrected chi connectivity index (χ3v) is 3.57. The number of primary amides is 1. The molecule has 1 fully saturated rings. The number of nitrogens with zero attached hydrogens (tertiary/aromatic N) is 1. The Labute approximate surface area is 155 Å². The Kier molecular flexibility index (Phi) is 9.92. The van der Waals surface area contributed by atoms with E-state index in [1.54, 1.807) is 12.1 Å². The van der Waals surface area contributed by atoms with Crippen LogP contribution in [0.2, 0.25) is 0 Å². The zero-order valence-electron chi connectivity index (χ0n) is 14.0. The third kappa shape index (κ3) is 7.49. The summed E-state index contributed by atoms with van der Waals surface area (Å²) in [5, 5.41) is 6.02. The zero-order chi connectivity index (χ0) is 16.1. The molecule has 2 rings (SSSR count). The van der Waals surface area contributed by atoms with Crippen molar-refractivity contribution in [1.29, 1.82) is 0 Å². The van der Waals surface area contributed by atoms with Crippen molar-refractivity contribution < 1.29 is 9.59 Å². The summed E-state index contributed by atoms with van der Waals surface area (Å²) < 4.78 is 0. The van der Waals surface area contributed by atoms with Crippen molar-refractivity contribution in [3.8, 4) is 0 Å². The molecule has 1 aromatic carbocycles. The SMILES string of the molecule is CN(C)Cc1ccc(C(N)=O)cc1NC(=O)CNCC1CC1.Cl.Cl. The number of hydrogen-bond donors (Lipinski definition) is 3. The lowest BCUT2D eigenvalue weighted by atomic mass is 10.1. The Bertz CT molecular complexity index is 563. The maximum absolute atomic E-state index is 12.0. The molecular weight excluding hydrogens is 351 g/mol. The molecule has 1 aromatic rings. The number of nitrogens with one attached hydrogen (secondary N) is 2. The van der Waals surface area contributed by atoms with Crippen LogP contribution in [0.1, 0.15) is 28.8 Å². The lowest BCUT2D eigenvalue weighted by Gasteiger charge is -2.16. The van der Waals surface area contributed by atoms with Crippen molar-refractivity contribution in [1.82, 2.24) is 10.2 Å². The minimum Gasteiger partial charge on any atom is -0.366 e. The predicted molar refractivity (Wildman–Crippen MR) is 101 cm³/mol. The first-order chi connectivity index (χ1) is 10.5. The number of benzene rings is 1.